The van der Waals surface area contributed by atoms with Gasteiger partial charge in [-0.3, -0.25) is 4.79 Å². The molecule has 1 fully saturated rings. The van der Waals surface area contributed by atoms with Gasteiger partial charge in [0.05, 0.1) is 6.04 Å². The lowest BCUT2D eigenvalue weighted by Gasteiger charge is -2.23. The van der Waals surface area contributed by atoms with Crippen molar-refractivity contribution in [2.75, 3.05) is 18.1 Å². The molecule has 2 atom stereocenters. The van der Waals surface area contributed by atoms with Gasteiger partial charge in [0.25, 0.3) is 0 Å². The zero-order valence-corrected chi connectivity index (χ0v) is 14.1. The van der Waals surface area contributed by atoms with E-state index < -0.39 is 0 Å². The lowest BCUT2D eigenvalue weighted by atomic mass is 10.1. The highest BCUT2D eigenvalue weighted by Gasteiger charge is 2.25. The summed E-state index contributed by atoms with van der Waals surface area (Å²) in [5, 5.41) is 7.35. The van der Waals surface area contributed by atoms with Crippen LogP contribution < -0.4 is 10.6 Å². The standard InChI is InChI=1S/C15H19ClN2OS.ClH/c16-11-2-3-13-10(7-11)1-4-14(13)18-15(19)8-12-9-20-6-5-17-12;/h2-3,7,12,14,17H,1,4-6,8-9H2,(H,18,19);1H. The molecule has 1 amide bonds. The van der Waals surface area contributed by atoms with E-state index in [9.17, 15) is 4.79 Å². The molecule has 1 heterocycles. The average molecular weight is 347 g/mol. The number of rotatable bonds is 3. The first-order valence-corrected chi connectivity index (χ1v) is 8.64. The Bertz CT molecular complexity index is 506. The van der Waals surface area contributed by atoms with Crippen molar-refractivity contribution in [2.45, 2.75) is 31.3 Å². The third-order valence-corrected chi connectivity index (χ3v) is 5.31. The van der Waals surface area contributed by atoms with Crippen LogP contribution in [0, 0.1) is 0 Å². The van der Waals surface area contributed by atoms with Crippen molar-refractivity contribution in [3.8, 4) is 0 Å². The second-order valence-corrected chi connectivity index (χ2v) is 7.02. The normalized spacial score (nSPS) is 24.0. The van der Waals surface area contributed by atoms with E-state index in [1.165, 1.54) is 11.1 Å². The third kappa shape index (κ3) is 4.28. The molecular weight excluding hydrogens is 327 g/mol. The number of nitrogens with one attached hydrogen (secondary N) is 2. The number of carbonyl (C=O) groups is 1. The van der Waals surface area contributed by atoms with Crippen molar-refractivity contribution in [2.24, 2.45) is 0 Å². The van der Waals surface area contributed by atoms with Crippen LogP contribution in [0.2, 0.25) is 5.02 Å². The average Bonchev–Trinajstić information content (AvgIpc) is 2.82. The largest absolute Gasteiger partial charge is 0.349 e. The number of aryl methyl sites for hydroxylation is 1. The van der Waals surface area contributed by atoms with Crippen molar-refractivity contribution < 1.29 is 4.79 Å². The first kappa shape index (κ1) is 16.9. The molecule has 3 rings (SSSR count). The molecule has 1 aliphatic carbocycles. The van der Waals surface area contributed by atoms with E-state index >= 15 is 0 Å². The van der Waals surface area contributed by atoms with Crippen LogP contribution in [-0.4, -0.2) is 30.0 Å². The zero-order chi connectivity index (χ0) is 13.9. The molecule has 1 aliphatic heterocycles. The van der Waals surface area contributed by atoms with E-state index in [2.05, 4.69) is 10.6 Å². The number of thioether (sulfide) groups is 1. The number of benzene rings is 1. The monoisotopic (exact) mass is 346 g/mol. The van der Waals surface area contributed by atoms with E-state index in [1.807, 2.05) is 30.0 Å². The molecule has 0 spiro atoms. The minimum absolute atomic E-state index is 0. The second kappa shape index (κ2) is 7.73. The highest BCUT2D eigenvalue weighted by Crippen LogP contribution is 2.32. The Morgan fingerprint density at radius 3 is 3.10 bits per heavy atom. The molecule has 21 heavy (non-hydrogen) atoms. The molecule has 1 saturated heterocycles. The van der Waals surface area contributed by atoms with Gasteiger partial charge < -0.3 is 10.6 Å². The van der Waals surface area contributed by atoms with E-state index in [1.54, 1.807) is 0 Å². The van der Waals surface area contributed by atoms with Crippen molar-refractivity contribution >= 4 is 41.7 Å². The maximum atomic E-state index is 12.2. The Morgan fingerprint density at radius 2 is 2.33 bits per heavy atom. The van der Waals surface area contributed by atoms with Gasteiger partial charge in [-0.05, 0) is 36.1 Å². The SMILES string of the molecule is Cl.O=C(CC1CSCCN1)NC1CCc2cc(Cl)ccc21. The molecule has 0 aromatic heterocycles. The molecule has 0 saturated carbocycles. The minimum atomic E-state index is 0. The van der Waals surface area contributed by atoms with Crippen LogP contribution in [0.15, 0.2) is 18.2 Å². The fourth-order valence-electron chi connectivity index (χ4n) is 2.96. The number of amides is 1. The van der Waals surface area contributed by atoms with Crippen LogP contribution in [0.4, 0.5) is 0 Å². The number of halogens is 2. The summed E-state index contributed by atoms with van der Waals surface area (Å²) in [5.41, 5.74) is 2.50. The summed E-state index contributed by atoms with van der Waals surface area (Å²) >= 11 is 7.93. The van der Waals surface area contributed by atoms with Gasteiger partial charge in [0.15, 0.2) is 0 Å². The molecule has 2 unspecified atom stereocenters. The van der Waals surface area contributed by atoms with Gasteiger partial charge in [0.1, 0.15) is 0 Å². The highest BCUT2D eigenvalue weighted by atomic mass is 35.5. The smallest absolute Gasteiger partial charge is 0.222 e. The number of hydrogen-bond donors (Lipinski definition) is 2. The predicted octanol–water partition coefficient (Wildman–Crippen LogP) is 2.96. The van der Waals surface area contributed by atoms with Crippen molar-refractivity contribution in [1.29, 1.82) is 0 Å². The molecule has 2 aliphatic rings. The van der Waals surface area contributed by atoms with Crippen molar-refractivity contribution in [1.82, 2.24) is 10.6 Å². The molecule has 1 aromatic rings. The van der Waals surface area contributed by atoms with E-state index in [4.69, 9.17) is 11.6 Å². The molecule has 1 aromatic carbocycles. The van der Waals surface area contributed by atoms with Gasteiger partial charge >= 0.3 is 0 Å². The van der Waals surface area contributed by atoms with E-state index in [0.717, 1.165) is 35.9 Å². The van der Waals surface area contributed by atoms with Gasteiger partial charge in [0, 0.05) is 35.5 Å². The van der Waals surface area contributed by atoms with Crippen LogP contribution in [0.5, 0.6) is 0 Å². The summed E-state index contributed by atoms with van der Waals surface area (Å²) < 4.78 is 0. The quantitative estimate of drug-likeness (QED) is 0.883. The van der Waals surface area contributed by atoms with Crippen LogP contribution in [-0.2, 0) is 11.2 Å². The molecule has 0 radical (unpaired) electrons. The Balaban J connectivity index is 0.00000161. The summed E-state index contributed by atoms with van der Waals surface area (Å²) in [6.07, 6.45) is 2.55. The first-order valence-electron chi connectivity index (χ1n) is 7.11. The van der Waals surface area contributed by atoms with Crippen molar-refractivity contribution in [3.05, 3.63) is 34.3 Å². The Labute approximate surface area is 141 Å². The summed E-state index contributed by atoms with van der Waals surface area (Å²) in [7, 11) is 0. The minimum Gasteiger partial charge on any atom is -0.349 e. The van der Waals surface area contributed by atoms with Gasteiger partial charge in [-0.1, -0.05) is 17.7 Å². The zero-order valence-electron chi connectivity index (χ0n) is 11.7. The number of hydrogen-bond acceptors (Lipinski definition) is 3. The lowest BCUT2D eigenvalue weighted by Crippen LogP contribution is -2.41. The summed E-state index contributed by atoms with van der Waals surface area (Å²) in [4.78, 5) is 12.2. The number of carbonyl (C=O) groups excluding carboxylic acids is 1. The maximum absolute atomic E-state index is 12.2. The number of fused-ring (bicyclic) bond motifs is 1. The maximum Gasteiger partial charge on any atom is 0.222 e. The fraction of sp³-hybridized carbons (Fsp3) is 0.533. The fourth-order valence-corrected chi connectivity index (χ4v) is 4.11. The van der Waals surface area contributed by atoms with Crippen LogP contribution in [0.1, 0.15) is 30.0 Å². The first-order chi connectivity index (χ1) is 9.72. The molecule has 6 heteroatoms. The third-order valence-electron chi connectivity index (χ3n) is 3.95. The molecule has 2 N–H and O–H groups in total. The van der Waals surface area contributed by atoms with Gasteiger partial charge in [-0.15, -0.1) is 12.4 Å². The lowest BCUT2D eigenvalue weighted by molar-refractivity contribution is -0.122. The summed E-state index contributed by atoms with van der Waals surface area (Å²) in [6.45, 7) is 1.01. The van der Waals surface area contributed by atoms with Gasteiger partial charge in [-0.25, -0.2) is 0 Å². The summed E-state index contributed by atoms with van der Waals surface area (Å²) in [5.74, 6) is 2.33. The molecule has 0 bridgehead atoms. The Morgan fingerprint density at radius 1 is 1.48 bits per heavy atom. The highest BCUT2D eigenvalue weighted by molar-refractivity contribution is 7.99. The Kier molecular flexibility index (Phi) is 6.23. The molecule has 116 valence electrons. The molecule has 3 nitrogen and oxygen atoms in total. The Hall–Kier alpha value is -0.420. The summed E-state index contributed by atoms with van der Waals surface area (Å²) in [6, 6.07) is 6.45. The van der Waals surface area contributed by atoms with E-state index in [0.29, 0.717) is 12.5 Å². The van der Waals surface area contributed by atoms with Crippen LogP contribution in [0.25, 0.3) is 0 Å². The van der Waals surface area contributed by atoms with Crippen LogP contribution in [0.3, 0.4) is 0 Å². The van der Waals surface area contributed by atoms with Crippen molar-refractivity contribution in [3.63, 3.8) is 0 Å². The van der Waals surface area contributed by atoms with Crippen LogP contribution >= 0.6 is 35.8 Å². The molecular formula is C15H20Cl2N2OS. The van der Waals surface area contributed by atoms with Gasteiger partial charge in [0.2, 0.25) is 5.91 Å². The second-order valence-electron chi connectivity index (χ2n) is 5.43. The van der Waals surface area contributed by atoms with E-state index in [-0.39, 0.29) is 24.4 Å². The van der Waals surface area contributed by atoms with Gasteiger partial charge in [-0.2, -0.15) is 11.8 Å². The predicted molar refractivity (Wildman–Crippen MR) is 91.6 cm³/mol. The topological polar surface area (TPSA) is 41.1 Å².